The molecule has 1 saturated heterocycles. The van der Waals surface area contributed by atoms with Crippen LogP contribution in [-0.4, -0.2) is 37.6 Å². The maximum Gasteiger partial charge on any atom is 0.253 e. The Labute approximate surface area is 210 Å². The number of benzene rings is 3. The van der Waals surface area contributed by atoms with Gasteiger partial charge in [-0.2, -0.15) is 4.31 Å². The van der Waals surface area contributed by atoms with E-state index in [1.165, 1.54) is 16.4 Å². The molecule has 0 unspecified atom stereocenters. The Morgan fingerprint density at radius 3 is 2.19 bits per heavy atom. The number of para-hydroxylation sites is 1. The van der Waals surface area contributed by atoms with E-state index in [-0.39, 0.29) is 35.8 Å². The average molecular weight is 510 g/mol. The van der Waals surface area contributed by atoms with Gasteiger partial charge in [0.1, 0.15) is 5.82 Å². The SMILES string of the molecule is C[C@H](NC(=O)c1ccccc1NC(=O)C1CCN(S(=O)(=O)c2ccc(F)cc2)CC1)c1ccccc1. The lowest BCUT2D eigenvalue weighted by atomic mass is 9.97. The molecule has 0 spiro atoms. The number of sulfonamides is 1. The molecular weight excluding hydrogens is 481 g/mol. The van der Waals surface area contributed by atoms with E-state index in [4.69, 9.17) is 0 Å². The van der Waals surface area contributed by atoms with Crippen LogP contribution in [0.25, 0.3) is 0 Å². The molecule has 1 aliphatic heterocycles. The Bertz CT molecular complexity index is 1320. The lowest BCUT2D eigenvalue weighted by molar-refractivity contribution is -0.120. The Kier molecular flexibility index (Phi) is 7.81. The standard InChI is InChI=1S/C27H28FN3O4S/c1-19(20-7-3-2-4-8-20)29-27(33)24-9-5-6-10-25(24)30-26(32)21-15-17-31(18-16-21)36(34,35)23-13-11-22(28)12-14-23/h2-14,19,21H,15-18H2,1H3,(H,29,33)(H,30,32)/t19-/m0/s1. The number of nitrogens with one attached hydrogen (secondary N) is 2. The summed E-state index contributed by atoms with van der Waals surface area (Å²) < 4.78 is 40.2. The summed E-state index contributed by atoms with van der Waals surface area (Å²) in [5.74, 6) is -1.47. The zero-order valence-electron chi connectivity index (χ0n) is 19.9. The average Bonchev–Trinajstić information content (AvgIpc) is 2.89. The number of piperidine rings is 1. The van der Waals surface area contributed by atoms with Gasteiger partial charge in [0.2, 0.25) is 15.9 Å². The van der Waals surface area contributed by atoms with Crippen molar-refractivity contribution in [2.45, 2.75) is 30.7 Å². The molecular formula is C27H28FN3O4S. The molecule has 2 N–H and O–H groups in total. The monoisotopic (exact) mass is 509 g/mol. The number of carbonyl (C=O) groups is 2. The Morgan fingerprint density at radius 2 is 1.53 bits per heavy atom. The molecule has 1 atom stereocenters. The van der Waals surface area contributed by atoms with E-state index in [9.17, 15) is 22.4 Å². The highest BCUT2D eigenvalue weighted by atomic mass is 32.2. The van der Waals surface area contributed by atoms with Gasteiger partial charge in [0.25, 0.3) is 5.91 Å². The Balaban J connectivity index is 1.38. The maximum absolute atomic E-state index is 13.2. The number of hydrogen-bond donors (Lipinski definition) is 2. The number of carbonyl (C=O) groups excluding carboxylic acids is 2. The molecule has 2 amide bonds. The minimum atomic E-state index is -3.76. The molecule has 36 heavy (non-hydrogen) atoms. The third-order valence-electron chi connectivity index (χ3n) is 6.35. The van der Waals surface area contributed by atoms with Gasteiger partial charge in [-0.3, -0.25) is 9.59 Å². The summed E-state index contributed by atoms with van der Waals surface area (Å²) in [5.41, 5.74) is 1.72. The molecule has 188 valence electrons. The fourth-order valence-electron chi connectivity index (χ4n) is 4.24. The molecule has 9 heteroatoms. The second-order valence-electron chi connectivity index (χ2n) is 8.77. The molecule has 1 heterocycles. The highest BCUT2D eigenvalue weighted by Gasteiger charge is 2.32. The van der Waals surface area contributed by atoms with E-state index in [2.05, 4.69) is 10.6 Å². The predicted octanol–water partition coefficient (Wildman–Crippen LogP) is 4.36. The van der Waals surface area contributed by atoms with Crippen molar-refractivity contribution >= 4 is 27.5 Å². The number of nitrogens with zero attached hydrogens (tertiary/aromatic N) is 1. The van der Waals surface area contributed by atoms with Gasteiger partial charge in [-0.15, -0.1) is 0 Å². The molecule has 1 aliphatic rings. The number of hydrogen-bond acceptors (Lipinski definition) is 4. The van der Waals surface area contributed by atoms with E-state index in [0.29, 0.717) is 24.1 Å². The third kappa shape index (κ3) is 5.80. The summed E-state index contributed by atoms with van der Waals surface area (Å²) in [7, 11) is -3.76. The van der Waals surface area contributed by atoms with Gasteiger partial charge in [-0.1, -0.05) is 42.5 Å². The maximum atomic E-state index is 13.2. The van der Waals surface area contributed by atoms with Crippen LogP contribution in [0.5, 0.6) is 0 Å². The van der Waals surface area contributed by atoms with E-state index in [0.717, 1.165) is 17.7 Å². The summed E-state index contributed by atoms with van der Waals surface area (Å²) in [4.78, 5) is 26.0. The zero-order chi connectivity index (χ0) is 25.7. The van der Waals surface area contributed by atoms with Crippen LogP contribution in [0.3, 0.4) is 0 Å². The quantitative estimate of drug-likeness (QED) is 0.495. The summed E-state index contributed by atoms with van der Waals surface area (Å²) in [6.45, 7) is 2.24. The highest BCUT2D eigenvalue weighted by Crippen LogP contribution is 2.26. The lowest BCUT2D eigenvalue weighted by Gasteiger charge is -2.30. The van der Waals surface area contributed by atoms with Crippen molar-refractivity contribution < 1.29 is 22.4 Å². The smallest absolute Gasteiger partial charge is 0.253 e. The Hall–Kier alpha value is -3.56. The van der Waals surface area contributed by atoms with Gasteiger partial charge in [-0.05, 0) is 61.7 Å². The molecule has 0 bridgehead atoms. The van der Waals surface area contributed by atoms with Crippen LogP contribution in [0.15, 0.2) is 83.8 Å². The molecule has 0 aromatic heterocycles. The number of halogens is 1. The van der Waals surface area contributed by atoms with Gasteiger partial charge in [0, 0.05) is 19.0 Å². The third-order valence-corrected chi connectivity index (χ3v) is 8.27. The van der Waals surface area contributed by atoms with Crippen LogP contribution < -0.4 is 10.6 Å². The van der Waals surface area contributed by atoms with Crippen LogP contribution in [0.1, 0.15) is 41.7 Å². The second-order valence-corrected chi connectivity index (χ2v) is 10.7. The topological polar surface area (TPSA) is 95.6 Å². The van der Waals surface area contributed by atoms with Crippen molar-refractivity contribution in [1.82, 2.24) is 9.62 Å². The van der Waals surface area contributed by atoms with Crippen molar-refractivity contribution in [3.8, 4) is 0 Å². The van der Waals surface area contributed by atoms with Gasteiger partial charge >= 0.3 is 0 Å². The summed E-state index contributed by atoms with van der Waals surface area (Å²) >= 11 is 0. The summed E-state index contributed by atoms with van der Waals surface area (Å²) in [5, 5.41) is 5.82. The van der Waals surface area contributed by atoms with Crippen LogP contribution in [-0.2, 0) is 14.8 Å². The Morgan fingerprint density at radius 1 is 0.917 bits per heavy atom. The first-order valence-corrected chi connectivity index (χ1v) is 13.2. The van der Waals surface area contributed by atoms with Gasteiger partial charge < -0.3 is 10.6 Å². The van der Waals surface area contributed by atoms with Crippen LogP contribution in [0.4, 0.5) is 10.1 Å². The van der Waals surface area contributed by atoms with Crippen molar-refractivity contribution in [1.29, 1.82) is 0 Å². The van der Waals surface area contributed by atoms with Crippen LogP contribution in [0, 0.1) is 11.7 Å². The minimum absolute atomic E-state index is 0.0245. The fourth-order valence-corrected chi connectivity index (χ4v) is 5.71. The second kappa shape index (κ2) is 11.0. The molecule has 4 rings (SSSR count). The van der Waals surface area contributed by atoms with Crippen molar-refractivity contribution in [2.24, 2.45) is 5.92 Å². The van der Waals surface area contributed by atoms with Crippen LogP contribution in [0.2, 0.25) is 0 Å². The van der Waals surface area contributed by atoms with E-state index in [1.54, 1.807) is 24.3 Å². The number of rotatable bonds is 7. The lowest BCUT2D eigenvalue weighted by Crippen LogP contribution is -2.41. The van der Waals surface area contributed by atoms with Crippen molar-refractivity contribution in [3.63, 3.8) is 0 Å². The largest absolute Gasteiger partial charge is 0.345 e. The fraction of sp³-hybridized carbons (Fsp3) is 0.259. The zero-order valence-corrected chi connectivity index (χ0v) is 20.7. The first-order valence-electron chi connectivity index (χ1n) is 11.8. The van der Waals surface area contributed by atoms with Gasteiger partial charge in [-0.25, -0.2) is 12.8 Å². The van der Waals surface area contributed by atoms with E-state index in [1.807, 2.05) is 37.3 Å². The molecule has 0 radical (unpaired) electrons. The first kappa shape index (κ1) is 25.5. The van der Waals surface area contributed by atoms with E-state index >= 15 is 0 Å². The highest BCUT2D eigenvalue weighted by molar-refractivity contribution is 7.89. The van der Waals surface area contributed by atoms with Gasteiger partial charge in [0.15, 0.2) is 0 Å². The molecule has 7 nitrogen and oxygen atoms in total. The van der Waals surface area contributed by atoms with Crippen LogP contribution >= 0.6 is 0 Å². The number of amides is 2. The minimum Gasteiger partial charge on any atom is -0.345 e. The number of anilines is 1. The molecule has 3 aromatic carbocycles. The predicted molar refractivity (Wildman–Crippen MR) is 135 cm³/mol. The summed E-state index contributed by atoms with van der Waals surface area (Å²) in [6, 6.07) is 20.9. The van der Waals surface area contributed by atoms with Gasteiger partial charge in [0.05, 0.1) is 22.2 Å². The summed E-state index contributed by atoms with van der Waals surface area (Å²) in [6.07, 6.45) is 0.678. The molecule has 0 aliphatic carbocycles. The van der Waals surface area contributed by atoms with Crippen molar-refractivity contribution in [2.75, 3.05) is 18.4 Å². The molecule has 3 aromatic rings. The van der Waals surface area contributed by atoms with E-state index < -0.39 is 21.8 Å². The first-order chi connectivity index (χ1) is 17.3. The van der Waals surface area contributed by atoms with Crippen molar-refractivity contribution in [3.05, 3.63) is 95.8 Å². The molecule has 0 saturated carbocycles. The normalized spacial score (nSPS) is 15.7. The molecule has 1 fully saturated rings.